The van der Waals surface area contributed by atoms with E-state index in [2.05, 4.69) is 15.9 Å². The van der Waals surface area contributed by atoms with Crippen LogP contribution in [0.15, 0.2) is 24.3 Å². The van der Waals surface area contributed by atoms with E-state index in [9.17, 15) is 4.79 Å². The fourth-order valence-electron chi connectivity index (χ4n) is 1.43. The second-order valence-electron chi connectivity index (χ2n) is 3.49. The molecular formula is C13H17BrO3. The van der Waals surface area contributed by atoms with Crippen LogP contribution >= 0.6 is 15.9 Å². The molecule has 17 heavy (non-hydrogen) atoms. The third-order valence-electron chi connectivity index (χ3n) is 2.17. The standard InChI is InChI=1S/C13H17BrO3/c1-2-16-13(15)7-6-11-4-3-5-12(10-11)17-9-8-14/h3-5,10H,2,6-9H2,1H3. The first-order valence-electron chi connectivity index (χ1n) is 5.69. The third kappa shape index (κ3) is 5.73. The van der Waals surface area contributed by atoms with E-state index in [4.69, 9.17) is 9.47 Å². The van der Waals surface area contributed by atoms with Gasteiger partial charge in [0, 0.05) is 11.8 Å². The molecule has 0 bridgehead atoms. The summed E-state index contributed by atoms with van der Waals surface area (Å²) >= 11 is 3.31. The molecule has 0 saturated carbocycles. The van der Waals surface area contributed by atoms with Crippen molar-refractivity contribution in [2.45, 2.75) is 19.8 Å². The van der Waals surface area contributed by atoms with Gasteiger partial charge in [-0.15, -0.1) is 0 Å². The summed E-state index contributed by atoms with van der Waals surface area (Å²) in [4.78, 5) is 11.2. The molecule has 0 aromatic heterocycles. The Morgan fingerprint density at radius 3 is 2.94 bits per heavy atom. The van der Waals surface area contributed by atoms with E-state index in [1.807, 2.05) is 31.2 Å². The zero-order valence-electron chi connectivity index (χ0n) is 9.95. The molecule has 0 saturated heterocycles. The molecule has 0 amide bonds. The minimum absolute atomic E-state index is 0.153. The number of aryl methyl sites for hydroxylation is 1. The number of carbonyl (C=O) groups excluding carboxylic acids is 1. The Labute approximate surface area is 110 Å². The van der Waals surface area contributed by atoms with E-state index in [0.29, 0.717) is 26.1 Å². The lowest BCUT2D eigenvalue weighted by Gasteiger charge is -2.06. The molecule has 0 radical (unpaired) electrons. The number of esters is 1. The maximum absolute atomic E-state index is 11.2. The second-order valence-corrected chi connectivity index (χ2v) is 4.28. The van der Waals surface area contributed by atoms with Gasteiger partial charge in [-0.2, -0.15) is 0 Å². The molecule has 0 atom stereocenters. The lowest BCUT2D eigenvalue weighted by molar-refractivity contribution is -0.143. The van der Waals surface area contributed by atoms with Gasteiger partial charge in [0.2, 0.25) is 0 Å². The molecule has 0 aliphatic heterocycles. The Hall–Kier alpha value is -1.03. The molecule has 3 nitrogen and oxygen atoms in total. The number of ether oxygens (including phenoxy) is 2. The van der Waals surface area contributed by atoms with Crippen LogP contribution in [0.25, 0.3) is 0 Å². The monoisotopic (exact) mass is 300 g/mol. The number of hydrogen-bond donors (Lipinski definition) is 0. The number of alkyl halides is 1. The number of benzene rings is 1. The number of rotatable bonds is 7. The van der Waals surface area contributed by atoms with Crippen LogP contribution in [0.5, 0.6) is 5.75 Å². The molecule has 0 unspecified atom stereocenters. The minimum Gasteiger partial charge on any atom is -0.493 e. The largest absolute Gasteiger partial charge is 0.493 e. The lowest BCUT2D eigenvalue weighted by Crippen LogP contribution is -2.05. The van der Waals surface area contributed by atoms with Crippen molar-refractivity contribution in [1.29, 1.82) is 0 Å². The van der Waals surface area contributed by atoms with Crippen LogP contribution in [0.4, 0.5) is 0 Å². The van der Waals surface area contributed by atoms with E-state index in [0.717, 1.165) is 16.6 Å². The highest BCUT2D eigenvalue weighted by Crippen LogP contribution is 2.15. The summed E-state index contributed by atoms with van der Waals surface area (Å²) in [6, 6.07) is 7.79. The van der Waals surface area contributed by atoms with E-state index in [1.165, 1.54) is 0 Å². The summed E-state index contributed by atoms with van der Waals surface area (Å²) in [6.45, 7) is 2.89. The maximum Gasteiger partial charge on any atom is 0.306 e. The molecule has 0 aliphatic rings. The molecule has 1 rings (SSSR count). The van der Waals surface area contributed by atoms with Gasteiger partial charge in [-0.3, -0.25) is 4.79 Å². The Bertz CT molecular complexity index is 352. The summed E-state index contributed by atoms with van der Waals surface area (Å²) in [5.74, 6) is 0.685. The SMILES string of the molecule is CCOC(=O)CCc1cccc(OCCBr)c1. The van der Waals surface area contributed by atoms with Crippen molar-refractivity contribution in [3.8, 4) is 5.75 Å². The quantitative estimate of drug-likeness (QED) is 0.574. The molecule has 4 heteroatoms. The van der Waals surface area contributed by atoms with E-state index in [-0.39, 0.29) is 5.97 Å². The highest BCUT2D eigenvalue weighted by Gasteiger charge is 2.03. The van der Waals surface area contributed by atoms with Gasteiger partial charge in [0.25, 0.3) is 0 Å². The Morgan fingerprint density at radius 1 is 1.41 bits per heavy atom. The zero-order valence-corrected chi connectivity index (χ0v) is 11.5. The van der Waals surface area contributed by atoms with Gasteiger partial charge in [0.15, 0.2) is 0 Å². The molecule has 0 N–H and O–H groups in total. The van der Waals surface area contributed by atoms with Gasteiger partial charge in [-0.05, 0) is 31.0 Å². The lowest BCUT2D eigenvalue weighted by atomic mass is 10.1. The average Bonchev–Trinajstić information content (AvgIpc) is 2.35. The van der Waals surface area contributed by atoms with Crippen LogP contribution in [-0.4, -0.2) is 24.5 Å². The van der Waals surface area contributed by atoms with Gasteiger partial charge in [0.05, 0.1) is 13.2 Å². The fraction of sp³-hybridized carbons (Fsp3) is 0.462. The average molecular weight is 301 g/mol. The molecule has 0 fully saturated rings. The molecule has 1 aromatic rings. The fourth-order valence-corrected chi connectivity index (χ4v) is 1.59. The number of hydrogen-bond acceptors (Lipinski definition) is 3. The van der Waals surface area contributed by atoms with Crippen LogP contribution in [0.2, 0.25) is 0 Å². The van der Waals surface area contributed by atoms with Crippen LogP contribution in [0, 0.1) is 0 Å². The minimum atomic E-state index is -0.153. The van der Waals surface area contributed by atoms with Gasteiger partial charge in [-0.25, -0.2) is 0 Å². The summed E-state index contributed by atoms with van der Waals surface area (Å²) < 4.78 is 10.4. The van der Waals surface area contributed by atoms with Crippen molar-refractivity contribution >= 4 is 21.9 Å². The first kappa shape index (κ1) is 14.0. The smallest absolute Gasteiger partial charge is 0.306 e. The molecular weight excluding hydrogens is 284 g/mol. The third-order valence-corrected chi connectivity index (χ3v) is 2.49. The van der Waals surface area contributed by atoms with E-state index >= 15 is 0 Å². The van der Waals surface area contributed by atoms with Gasteiger partial charge in [0.1, 0.15) is 5.75 Å². The number of carbonyl (C=O) groups is 1. The van der Waals surface area contributed by atoms with Crippen LogP contribution in [-0.2, 0) is 16.0 Å². The van der Waals surface area contributed by atoms with Crippen molar-refractivity contribution in [1.82, 2.24) is 0 Å². The zero-order chi connectivity index (χ0) is 12.5. The van der Waals surface area contributed by atoms with Gasteiger partial charge < -0.3 is 9.47 Å². The Balaban J connectivity index is 2.45. The van der Waals surface area contributed by atoms with E-state index in [1.54, 1.807) is 0 Å². The summed E-state index contributed by atoms with van der Waals surface area (Å²) in [6.07, 6.45) is 1.10. The summed E-state index contributed by atoms with van der Waals surface area (Å²) in [5.41, 5.74) is 1.09. The van der Waals surface area contributed by atoms with Crippen LogP contribution < -0.4 is 4.74 Å². The molecule has 1 aromatic carbocycles. The Morgan fingerprint density at radius 2 is 2.24 bits per heavy atom. The topological polar surface area (TPSA) is 35.5 Å². The van der Waals surface area contributed by atoms with Crippen molar-refractivity contribution in [2.75, 3.05) is 18.5 Å². The van der Waals surface area contributed by atoms with Crippen molar-refractivity contribution < 1.29 is 14.3 Å². The van der Waals surface area contributed by atoms with Crippen LogP contribution in [0.1, 0.15) is 18.9 Å². The predicted molar refractivity (Wildman–Crippen MR) is 70.7 cm³/mol. The molecule has 0 aliphatic carbocycles. The normalized spacial score (nSPS) is 10.0. The number of halogens is 1. The van der Waals surface area contributed by atoms with Gasteiger partial charge >= 0.3 is 5.97 Å². The first-order valence-corrected chi connectivity index (χ1v) is 6.81. The second kappa shape index (κ2) is 8.12. The Kier molecular flexibility index (Phi) is 6.70. The molecule has 94 valence electrons. The van der Waals surface area contributed by atoms with E-state index < -0.39 is 0 Å². The van der Waals surface area contributed by atoms with Crippen LogP contribution in [0.3, 0.4) is 0 Å². The van der Waals surface area contributed by atoms with Crippen molar-refractivity contribution in [2.24, 2.45) is 0 Å². The van der Waals surface area contributed by atoms with Gasteiger partial charge in [-0.1, -0.05) is 28.1 Å². The van der Waals surface area contributed by atoms with Crippen molar-refractivity contribution in [3.63, 3.8) is 0 Å². The molecule has 0 heterocycles. The summed E-state index contributed by atoms with van der Waals surface area (Å²) in [7, 11) is 0. The highest BCUT2D eigenvalue weighted by atomic mass is 79.9. The maximum atomic E-state index is 11.2. The highest BCUT2D eigenvalue weighted by molar-refractivity contribution is 9.09. The predicted octanol–water partition coefficient (Wildman–Crippen LogP) is 2.96. The molecule has 0 spiro atoms. The van der Waals surface area contributed by atoms with Crippen molar-refractivity contribution in [3.05, 3.63) is 29.8 Å². The summed E-state index contributed by atoms with van der Waals surface area (Å²) in [5, 5.41) is 0.806. The first-order chi connectivity index (χ1) is 8.26.